The van der Waals surface area contributed by atoms with Crippen LogP contribution in [0.4, 0.5) is 23.7 Å². The molecule has 0 spiro atoms. The largest absolute Gasteiger partial charge is 0.480 e. The van der Waals surface area contributed by atoms with E-state index in [-0.39, 0.29) is 12.8 Å². The number of halogens is 3. The summed E-state index contributed by atoms with van der Waals surface area (Å²) in [5.74, 6) is -1.19. The molecule has 0 saturated heterocycles. The number of carboxylic acids is 1. The summed E-state index contributed by atoms with van der Waals surface area (Å²) in [6.45, 7) is 0. The first-order valence-electron chi connectivity index (χ1n) is 6.23. The minimum absolute atomic E-state index is 0.261. The van der Waals surface area contributed by atoms with Crippen molar-refractivity contribution >= 4 is 17.7 Å². The van der Waals surface area contributed by atoms with Crippen LogP contribution < -0.4 is 10.6 Å². The Hall–Kier alpha value is -2.25. The molecule has 1 aliphatic carbocycles. The van der Waals surface area contributed by atoms with Gasteiger partial charge >= 0.3 is 18.2 Å². The van der Waals surface area contributed by atoms with Crippen molar-refractivity contribution < 1.29 is 27.9 Å². The summed E-state index contributed by atoms with van der Waals surface area (Å²) in [7, 11) is 0. The van der Waals surface area contributed by atoms with Gasteiger partial charge in [-0.05, 0) is 31.4 Å². The van der Waals surface area contributed by atoms with Gasteiger partial charge in [0, 0.05) is 0 Å². The first-order chi connectivity index (χ1) is 9.74. The molecule has 0 aliphatic heterocycles. The van der Waals surface area contributed by atoms with E-state index in [0.29, 0.717) is 6.42 Å². The second-order valence-corrected chi connectivity index (χ2v) is 4.86. The lowest BCUT2D eigenvalue weighted by Gasteiger charge is -2.38. The highest BCUT2D eigenvalue weighted by Gasteiger charge is 2.46. The fourth-order valence-corrected chi connectivity index (χ4v) is 2.13. The van der Waals surface area contributed by atoms with Crippen LogP contribution in [0.1, 0.15) is 24.8 Å². The Bertz CT molecular complexity index is 568. The van der Waals surface area contributed by atoms with Gasteiger partial charge in [0.25, 0.3) is 0 Å². The summed E-state index contributed by atoms with van der Waals surface area (Å²) in [6.07, 6.45) is -3.44. The van der Waals surface area contributed by atoms with Crippen LogP contribution in [0.15, 0.2) is 24.3 Å². The number of nitrogens with one attached hydrogen (secondary N) is 2. The van der Waals surface area contributed by atoms with Gasteiger partial charge in [0.05, 0.1) is 11.3 Å². The van der Waals surface area contributed by atoms with Crippen molar-refractivity contribution in [3.05, 3.63) is 29.8 Å². The number of amides is 2. The molecule has 1 saturated carbocycles. The Labute approximate surface area is 118 Å². The number of rotatable bonds is 3. The Morgan fingerprint density at radius 1 is 1.19 bits per heavy atom. The summed E-state index contributed by atoms with van der Waals surface area (Å²) in [5.41, 5.74) is -2.78. The van der Waals surface area contributed by atoms with Crippen LogP contribution in [0, 0.1) is 0 Å². The van der Waals surface area contributed by atoms with Crippen molar-refractivity contribution in [1.29, 1.82) is 0 Å². The molecule has 1 aromatic carbocycles. The second-order valence-electron chi connectivity index (χ2n) is 4.86. The Morgan fingerprint density at radius 2 is 1.81 bits per heavy atom. The number of carboxylic acid groups (broad SMARTS) is 1. The van der Waals surface area contributed by atoms with E-state index >= 15 is 0 Å². The monoisotopic (exact) mass is 302 g/mol. The van der Waals surface area contributed by atoms with Gasteiger partial charge in [-0.2, -0.15) is 13.2 Å². The molecule has 0 aromatic heterocycles. The van der Waals surface area contributed by atoms with Gasteiger partial charge in [0.1, 0.15) is 5.54 Å². The van der Waals surface area contributed by atoms with Gasteiger partial charge in [0.2, 0.25) is 0 Å². The second kappa shape index (κ2) is 5.27. The maximum atomic E-state index is 12.8. The number of urea groups is 1. The number of aliphatic carboxylic acids is 1. The normalized spacial score (nSPS) is 16.7. The molecule has 1 aromatic rings. The summed E-state index contributed by atoms with van der Waals surface area (Å²) in [4.78, 5) is 22.8. The molecule has 21 heavy (non-hydrogen) atoms. The molecule has 1 aliphatic rings. The average Bonchev–Trinajstić information content (AvgIpc) is 2.32. The lowest BCUT2D eigenvalue weighted by molar-refractivity contribution is -0.148. The summed E-state index contributed by atoms with van der Waals surface area (Å²) < 4.78 is 38.3. The van der Waals surface area contributed by atoms with E-state index in [9.17, 15) is 22.8 Å². The predicted molar refractivity (Wildman–Crippen MR) is 67.8 cm³/mol. The van der Waals surface area contributed by atoms with Crippen molar-refractivity contribution in [2.45, 2.75) is 31.0 Å². The van der Waals surface area contributed by atoms with Crippen molar-refractivity contribution in [1.82, 2.24) is 5.32 Å². The van der Waals surface area contributed by atoms with E-state index in [4.69, 9.17) is 5.11 Å². The number of hydrogen-bond acceptors (Lipinski definition) is 2. The molecule has 0 bridgehead atoms. The quantitative estimate of drug-likeness (QED) is 0.803. The van der Waals surface area contributed by atoms with Crippen LogP contribution >= 0.6 is 0 Å². The van der Waals surface area contributed by atoms with Crippen LogP contribution in [0.3, 0.4) is 0 Å². The van der Waals surface area contributed by atoms with Crippen LogP contribution in [0.5, 0.6) is 0 Å². The number of anilines is 1. The summed E-state index contributed by atoms with van der Waals surface area (Å²) >= 11 is 0. The Morgan fingerprint density at radius 3 is 2.29 bits per heavy atom. The highest BCUT2D eigenvalue weighted by atomic mass is 19.4. The van der Waals surface area contributed by atoms with Crippen molar-refractivity contribution in [3.63, 3.8) is 0 Å². The maximum absolute atomic E-state index is 12.8. The minimum Gasteiger partial charge on any atom is -0.480 e. The van der Waals surface area contributed by atoms with E-state index in [1.807, 2.05) is 0 Å². The number of para-hydroxylation sites is 1. The van der Waals surface area contributed by atoms with Gasteiger partial charge in [-0.1, -0.05) is 12.1 Å². The minimum atomic E-state index is -4.61. The van der Waals surface area contributed by atoms with E-state index in [2.05, 4.69) is 10.6 Å². The number of hydrogen-bond donors (Lipinski definition) is 3. The Kier molecular flexibility index (Phi) is 3.80. The van der Waals surface area contributed by atoms with Crippen LogP contribution in [-0.4, -0.2) is 22.6 Å². The SMILES string of the molecule is O=C(Nc1ccccc1C(F)(F)F)NC1(C(=O)O)CCC1. The highest BCUT2D eigenvalue weighted by molar-refractivity contribution is 5.94. The van der Waals surface area contributed by atoms with Gasteiger partial charge in [-0.15, -0.1) is 0 Å². The lowest BCUT2D eigenvalue weighted by atomic mass is 9.77. The molecule has 5 nitrogen and oxygen atoms in total. The number of benzene rings is 1. The number of carbonyl (C=O) groups is 2. The molecule has 8 heteroatoms. The third kappa shape index (κ3) is 3.09. The Balaban J connectivity index is 2.12. The van der Waals surface area contributed by atoms with Crippen molar-refractivity contribution in [2.75, 3.05) is 5.32 Å². The zero-order valence-electron chi connectivity index (χ0n) is 10.8. The molecule has 0 heterocycles. The molecule has 0 unspecified atom stereocenters. The molecule has 0 radical (unpaired) electrons. The van der Waals surface area contributed by atoms with E-state index in [0.717, 1.165) is 12.1 Å². The topological polar surface area (TPSA) is 78.4 Å². The zero-order valence-corrected chi connectivity index (χ0v) is 10.8. The van der Waals surface area contributed by atoms with Crippen molar-refractivity contribution in [2.24, 2.45) is 0 Å². The van der Waals surface area contributed by atoms with Crippen LogP contribution in [0.25, 0.3) is 0 Å². The van der Waals surface area contributed by atoms with E-state index in [1.165, 1.54) is 12.1 Å². The summed E-state index contributed by atoms with van der Waals surface area (Å²) in [6, 6.07) is 3.54. The summed E-state index contributed by atoms with van der Waals surface area (Å²) in [5, 5.41) is 13.4. The average molecular weight is 302 g/mol. The smallest absolute Gasteiger partial charge is 0.418 e. The van der Waals surface area contributed by atoms with Gasteiger partial charge < -0.3 is 15.7 Å². The van der Waals surface area contributed by atoms with Gasteiger partial charge in [-0.25, -0.2) is 9.59 Å². The predicted octanol–water partition coefficient (Wildman–Crippen LogP) is 2.83. The molecule has 1 fully saturated rings. The van der Waals surface area contributed by atoms with Crippen LogP contribution in [0.2, 0.25) is 0 Å². The first-order valence-corrected chi connectivity index (χ1v) is 6.23. The van der Waals surface area contributed by atoms with E-state index in [1.54, 1.807) is 0 Å². The molecular weight excluding hydrogens is 289 g/mol. The number of alkyl halides is 3. The standard InChI is InChI=1S/C13H13F3N2O3/c14-13(15,16)8-4-1-2-5-9(8)17-11(21)18-12(10(19)20)6-3-7-12/h1-2,4-5H,3,6-7H2,(H,19,20)(H2,17,18,21). The molecule has 114 valence electrons. The van der Waals surface area contributed by atoms with Gasteiger partial charge in [-0.3, -0.25) is 0 Å². The molecule has 2 rings (SSSR count). The zero-order chi connectivity index (χ0) is 15.7. The molecule has 0 atom stereocenters. The van der Waals surface area contributed by atoms with Gasteiger partial charge in [0.15, 0.2) is 0 Å². The van der Waals surface area contributed by atoms with Crippen LogP contribution in [-0.2, 0) is 11.0 Å². The lowest BCUT2D eigenvalue weighted by Crippen LogP contribution is -2.60. The highest BCUT2D eigenvalue weighted by Crippen LogP contribution is 2.35. The van der Waals surface area contributed by atoms with E-state index < -0.39 is 35.0 Å². The maximum Gasteiger partial charge on any atom is 0.418 e. The first kappa shape index (κ1) is 15.1. The van der Waals surface area contributed by atoms with Crippen molar-refractivity contribution in [3.8, 4) is 0 Å². The molecule has 2 amide bonds. The molecular formula is C13H13F3N2O3. The third-order valence-electron chi connectivity index (χ3n) is 3.45. The number of carbonyl (C=O) groups excluding carboxylic acids is 1. The fourth-order valence-electron chi connectivity index (χ4n) is 2.13. The third-order valence-corrected chi connectivity index (χ3v) is 3.45. The molecule has 3 N–H and O–H groups in total. The fraction of sp³-hybridized carbons (Fsp3) is 0.385.